The standard InChI is InChI=1S/C22H22N2O6/c1-23-12-9-19(21(23)26)30-16-7-8-18(17(13-16)22(27)28)29-15-5-3-14(4-6-15)20(25)24-10-2-11-24/h3-8,13,19H,2,9-12H2,1H3,(H,27,28)/t19-/m0/s1. The van der Waals surface area contributed by atoms with Crippen molar-refractivity contribution in [1.82, 2.24) is 9.80 Å². The minimum absolute atomic E-state index is 0.0207. The number of amides is 2. The quantitative estimate of drug-likeness (QED) is 0.787. The van der Waals surface area contributed by atoms with Crippen molar-refractivity contribution in [3.63, 3.8) is 0 Å². The monoisotopic (exact) mass is 410 g/mol. The lowest BCUT2D eigenvalue weighted by molar-refractivity contribution is -0.132. The van der Waals surface area contributed by atoms with Gasteiger partial charge >= 0.3 is 5.97 Å². The van der Waals surface area contributed by atoms with Crippen LogP contribution in [0.25, 0.3) is 0 Å². The van der Waals surface area contributed by atoms with Gasteiger partial charge in [0.25, 0.3) is 11.8 Å². The number of nitrogens with zero attached hydrogens (tertiary/aromatic N) is 2. The Bertz CT molecular complexity index is 984. The van der Waals surface area contributed by atoms with Gasteiger partial charge in [0.05, 0.1) is 0 Å². The van der Waals surface area contributed by atoms with Crippen LogP contribution in [0.2, 0.25) is 0 Å². The van der Waals surface area contributed by atoms with Crippen molar-refractivity contribution >= 4 is 17.8 Å². The van der Waals surface area contributed by atoms with Crippen LogP contribution in [0.4, 0.5) is 0 Å². The van der Waals surface area contributed by atoms with Crippen LogP contribution in [-0.4, -0.2) is 65.5 Å². The highest BCUT2D eigenvalue weighted by atomic mass is 16.5. The van der Waals surface area contributed by atoms with Crippen molar-refractivity contribution in [2.45, 2.75) is 18.9 Å². The maximum Gasteiger partial charge on any atom is 0.339 e. The molecule has 2 aromatic rings. The number of carbonyl (C=O) groups is 3. The van der Waals surface area contributed by atoms with Crippen molar-refractivity contribution in [1.29, 1.82) is 0 Å². The summed E-state index contributed by atoms with van der Waals surface area (Å²) in [5.74, 6) is -0.461. The highest BCUT2D eigenvalue weighted by Gasteiger charge is 2.31. The van der Waals surface area contributed by atoms with Crippen LogP contribution in [-0.2, 0) is 4.79 Å². The molecule has 8 nitrogen and oxygen atoms in total. The summed E-state index contributed by atoms with van der Waals surface area (Å²) in [7, 11) is 1.70. The van der Waals surface area contributed by atoms with Gasteiger partial charge in [0, 0.05) is 38.7 Å². The summed E-state index contributed by atoms with van der Waals surface area (Å²) in [5, 5.41) is 9.57. The SMILES string of the molecule is CN1CC[C@H](Oc2ccc(Oc3ccc(C(=O)N4CCC4)cc3)c(C(=O)O)c2)C1=O. The van der Waals surface area contributed by atoms with Crippen molar-refractivity contribution in [2.24, 2.45) is 0 Å². The molecular formula is C22H22N2O6. The number of likely N-dealkylation sites (tertiary alicyclic amines) is 2. The first kappa shape index (κ1) is 19.8. The molecule has 1 atom stereocenters. The van der Waals surface area contributed by atoms with E-state index in [1.165, 1.54) is 12.1 Å². The van der Waals surface area contributed by atoms with Gasteiger partial charge in [0.1, 0.15) is 22.8 Å². The van der Waals surface area contributed by atoms with E-state index in [9.17, 15) is 19.5 Å². The predicted octanol–water partition coefficient (Wildman–Crippen LogP) is 2.63. The first-order chi connectivity index (χ1) is 14.4. The fraction of sp³-hybridized carbons (Fsp3) is 0.318. The molecule has 2 amide bonds. The highest BCUT2D eigenvalue weighted by Crippen LogP contribution is 2.30. The molecule has 0 saturated carbocycles. The Morgan fingerprint density at radius 1 is 1.03 bits per heavy atom. The Morgan fingerprint density at radius 2 is 1.73 bits per heavy atom. The van der Waals surface area contributed by atoms with E-state index >= 15 is 0 Å². The molecule has 0 aromatic heterocycles. The Hall–Kier alpha value is -3.55. The molecule has 2 aliphatic rings. The molecule has 0 unspecified atom stereocenters. The Labute approximate surface area is 173 Å². The normalized spacial score (nSPS) is 18.2. The zero-order chi connectivity index (χ0) is 21.3. The number of hydrogen-bond acceptors (Lipinski definition) is 5. The van der Waals surface area contributed by atoms with Gasteiger partial charge in [0.2, 0.25) is 0 Å². The van der Waals surface area contributed by atoms with Gasteiger partial charge in [-0.1, -0.05) is 0 Å². The number of carboxylic acids is 1. The molecule has 2 fully saturated rings. The molecule has 0 bridgehead atoms. The lowest BCUT2D eigenvalue weighted by Gasteiger charge is -2.30. The van der Waals surface area contributed by atoms with Gasteiger partial charge in [0.15, 0.2) is 6.10 Å². The van der Waals surface area contributed by atoms with E-state index in [4.69, 9.17) is 9.47 Å². The second-order valence-corrected chi connectivity index (χ2v) is 7.39. The zero-order valence-electron chi connectivity index (χ0n) is 16.5. The van der Waals surface area contributed by atoms with Gasteiger partial charge in [-0.3, -0.25) is 9.59 Å². The molecule has 0 aliphatic carbocycles. The number of hydrogen-bond donors (Lipinski definition) is 1. The number of rotatable bonds is 6. The summed E-state index contributed by atoms with van der Waals surface area (Å²) in [6.45, 7) is 2.15. The second-order valence-electron chi connectivity index (χ2n) is 7.39. The van der Waals surface area contributed by atoms with Crippen molar-refractivity contribution < 1.29 is 29.0 Å². The Kier molecular flexibility index (Phi) is 5.31. The lowest BCUT2D eigenvalue weighted by Crippen LogP contribution is -2.41. The fourth-order valence-electron chi connectivity index (χ4n) is 3.40. The van der Waals surface area contributed by atoms with E-state index in [1.807, 2.05) is 0 Å². The van der Waals surface area contributed by atoms with E-state index in [0.717, 1.165) is 19.5 Å². The third kappa shape index (κ3) is 3.94. The Morgan fingerprint density at radius 3 is 2.30 bits per heavy atom. The number of carboxylic acid groups (broad SMARTS) is 1. The first-order valence-electron chi connectivity index (χ1n) is 9.78. The average Bonchev–Trinajstić information content (AvgIpc) is 3.00. The van der Waals surface area contributed by atoms with E-state index in [2.05, 4.69) is 0 Å². The third-order valence-corrected chi connectivity index (χ3v) is 5.31. The Balaban J connectivity index is 1.48. The lowest BCUT2D eigenvalue weighted by atomic mass is 10.1. The van der Waals surface area contributed by atoms with Crippen LogP contribution >= 0.6 is 0 Å². The summed E-state index contributed by atoms with van der Waals surface area (Å²) in [6, 6.07) is 11.0. The number of carbonyl (C=O) groups excluding carboxylic acids is 2. The molecule has 30 heavy (non-hydrogen) atoms. The summed E-state index contributed by atoms with van der Waals surface area (Å²) < 4.78 is 11.4. The molecule has 2 saturated heterocycles. The second kappa shape index (κ2) is 8.06. The van der Waals surface area contributed by atoms with Crippen LogP contribution < -0.4 is 9.47 Å². The molecule has 2 aromatic carbocycles. The number of aromatic carboxylic acids is 1. The summed E-state index contributed by atoms with van der Waals surface area (Å²) in [5.41, 5.74) is 0.488. The molecule has 4 rings (SSSR count). The van der Waals surface area contributed by atoms with Crippen molar-refractivity contribution in [3.05, 3.63) is 53.6 Å². The van der Waals surface area contributed by atoms with Gasteiger partial charge in [-0.05, 0) is 48.9 Å². The van der Waals surface area contributed by atoms with E-state index in [1.54, 1.807) is 47.2 Å². The van der Waals surface area contributed by atoms with Crippen LogP contribution in [0, 0.1) is 0 Å². The molecular weight excluding hydrogens is 388 g/mol. The minimum Gasteiger partial charge on any atom is -0.481 e. The van der Waals surface area contributed by atoms with Crippen LogP contribution in [0.5, 0.6) is 17.2 Å². The molecule has 2 heterocycles. The van der Waals surface area contributed by atoms with Crippen LogP contribution in [0.15, 0.2) is 42.5 Å². The highest BCUT2D eigenvalue weighted by molar-refractivity contribution is 5.95. The summed E-state index contributed by atoms with van der Waals surface area (Å²) in [6.07, 6.45) is 0.967. The zero-order valence-corrected chi connectivity index (χ0v) is 16.5. The third-order valence-electron chi connectivity index (χ3n) is 5.31. The topological polar surface area (TPSA) is 96.4 Å². The van der Waals surface area contributed by atoms with Crippen LogP contribution in [0.3, 0.4) is 0 Å². The molecule has 0 radical (unpaired) electrons. The van der Waals surface area contributed by atoms with Crippen molar-refractivity contribution in [2.75, 3.05) is 26.7 Å². The van der Waals surface area contributed by atoms with E-state index in [-0.39, 0.29) is 23.1 Å². The fourth-order valence-corrected chi connectivity index (χ4v) is 3.40. The molecule has 8 heteroatoms. The number of benzene rings is 2. The maximum atomic E-state index is 12.2. The van der Waals surface area contributed by atoms with E-state index in [0.29, 0.717) is 30.0 Å². The summed E-state index contributed by atoms with van der Waals surface area (Å²) in [4.78, 5) is 39.3. The van der Waals surface area contributed by atoms with Gasteiger partial charge < -0.3 is 24.4 Å². The van der Waals surface area contributed by atoms with Gasteiger partial charge in [-0.2, -0.15) is 0 Å². The number of likely N-dealkylation sites (N-methyl/N-ethyl adjacent to an activating group) is 1. The van der Waals surface area contributed by atoms with Crippen LogP contribution in [0.1, 0.15) is 33.6 Å². The van der Waals surface area contributed by atoms with E-state index < -0.39 is 12.1 Å². The molecule has 0 spiro atoms. The van der Waals surface area contributed by atoms with Gasteiger partial charge in [-0.15, -0.1) is 0 Å². The average molecular weight is 410 g/mol. The van der Waals surface area contributed by atoms with Gasteiger partial charge in [-0.25, -0.2) is 4.79 Å². The predicted molar refractivity (Wildman–Crippen MR) is 107 cm³/mol. The number of ether oxygens (including phenoxy) is 2. The molecule has 2 aliphatic heterocycles. The first-order valence-corrected chi connectivity index (χ1v) is 9.78. The largest absolute Gasteiger partial charge is 0.481 e. The summed E-state index contributed by atoms with van der Waals surface area (Å²) >= 11 is 0. The smallest absolute Gasteiger partial charge is 0.339 e. The maximum absolute atomic E-state index is 12.2. The van der Waals surface area contributed by atoms with Crippen molar-refractivity contribution in [3.8, 4) is 17.2 Å². The molecule has 156 valence electrons. The minimum atomic E-state index is -1.17. The molecule has 1 N–H and O–H groups in total.